The Kier molecular flexibility index (Phi) is 5.80. The summed E-state index contributed by atoms with van der Waals surface area (Å²) in [5.41, 5.74) is 0. The van der Waals surface area contributed by atoms with Gasteiger partial charge in [0.05, 0.1) is 6.54 Å². The Labute approximate surface area is 115 Å². The Bertz CT molecular complexity index is 390. The Morgan fingerprint density at radius 2 is 1.74 bits per heavy atom. The molecule has 102 valence electrons. The lowest BCUT2D eigenvalue weighted by atomic mass is 10.2. The number of nitrogens with zero attached hydrogens (tertiary/aromatic N) is 4. The van der Waals surface area contributed by atoms with E-state index in [1.807, 2.05) is 18.5 Å². The minimum atomic E-state index is 0.791. The molecule has 2 rings (SSSR count). The molecule has 0 amide bonds. The lowest BCUT2D eigenvalue weighted by Gasteiger charge is -2.33. The first-order chi connectivity index (χ1) is 9.38. The van der Waals surface area contributed by atoms with Gasteiger partial charge in [0.2, 0.25) is 0 Å². The van der Waals surface area contributed by atoms with Gasteiger partial charge in [-0.3, -0.25) is 4.90 Å². The fourth-order valence-electron chi connectivity index (χ4n) is 2.38. The second kappa shape index (κ2) is 7.88. The monoisotopic (exact) mass is 258 g/mol. The van der Waals surface area contributed by atoms with Crippen LogP contribution in [0.1, 0.15) is 18.7 Å². The molecule has 1 aromatic rings. The fourth-order valence-corrected chi connectivity index (χ4v) is 2.38. The topological polar surface area (TPSA) is 32.3 Å². The summed E-state index contributed by atoms with van der Waals surface area (Å²) in [5, 5.41) is 0. The quantitative estimate of drug-likeness (QED) is 0.564. The van der Waals surface area contributed by atoms with E-state index in [4.69, 9.17) is 6.42 Å². The minimum absolute atomic E-state index is 0.791. The number of hydrogen-bond donors (Lipinski definition) is 0. The molecule has 1 aliphatic rings. The van der Waals surface area contributed by atoms with E-state index in [9.17, 15) is 0 Å². The third-order valence-corrected chi connectivity index (χ3v) is 3.52. The molecule has 0 aliphatic carbocycles. The molecule has 0 atom stereocenters. The van der Waals surface area contributed by atoms with E-state index in [2.05, 4.69) is 25.7 Å². The second-order valence-corrected chi connectivity index (χ2v) is 4.94. The van der Waals surface area contributed by atoms with E-state index < -0.39 is 0 Å². The van der Waals surface area contributed by atoms with Crippen molar-refractivity contribution in [3.8, 4) is 12.3 Å². The highest BCUT2D eigenvalue weighted by Crippen LogP contribution is 2.04. The van der Waals surface area contributed by atoms with Crippen molar-refractivity contribution in [3.05, 3.63) is 24.3 Å². The average Bonchev–Trinajstić information content (AvgIpc) is 2.47. The summed E-state index contributed by atoms with van der Waals surface area (Å²) < 4.78 is 0. The SMILES string of the molecule is C#CCN1CCN(CCCCc2ncccn2)CC1. The minimum Gasteiger partial charge on any atom is -0.301 e. The van der Waals surface area contributed by atoms with Gasteiger partial charge in [-0.1, -0.05) is 5.92 Å². The van der Waals surface area contributed by atoms with Gasteiger partial charge in [0.1, 0.15) is 5.82 Å². The van der Waals surface area contributed by atoms with E-state index in [1.165, 1.54) is 13.0 Å². The maximum absolute atomic E-state index is 5.33. The number of unbranched alkanes of at least 4 members (excludes halogenated alkanes) is 1. The third-order valence-electron chi connectivity index (χ3n) is 3.52. The Morgan fingerprint density at radius 1 is 1.05 bits per heavy atom. The molecule has 0 spiro atoms. The zero-order valence-electron chi connectivity index (χ0n) is 11.5. The maximum atomic E-state index is 5.33. The Hall–Kier alpha value is -1.44. The Morgan fingerprint density at radius 3 is 2.42 bits per heavy atom. The van der Waals surface area contributed by atoms with Gasteiger partial charge in [0.15, 0.2) is 0 Å². The van der Waals surface area contributed by atoms with Crippen LogP contribution in [0.15, 0.2) is 18.5 Å². The van der Waals surface area contributed by atoms with Crippen LogP contribution in [0.3, 0.4) is 0 Å². The number of aryl methyl sites for hydroxylation is 1. The molecule has 0 bridgehead atoms. The van der Waals surface area contributed by atoms with Gasteiger partial charge in [0, 0.05) is 45.0 Å². The maximum Gasteiger partial charge on any atom is 0.128 e. The lowest BCUT2D eigenvalue weighted by Crippen LogP contribution is -2.46. The molecule has 19 heavy (non-hydrogen) atoms. The molecule has 1 aromatic heterocycles. The summed E-state index contributed by atoms with van der Waals surface area (Å²) in [7, 11) is 0. The molecule has 4 nitrogen and oxygen atoms in total. The molecule has 1 saturated heterocycles. The number of hydrogen-bond acceptors (Lipinski definition) is 4. The molecule has 1 aliphatic heterocycles. The van der Waals surface area contributed by atoms with Crippen LogP contribution >= 0.6 is 0 Å². The van der Waals surface area contributed by atoms with Crippen molar-refractivity contribution in [1.29, 1.82) is 0 Å². The van der Waals surface area contributed by atoms with Crippen LogP contribution in [0.2, 0.25) is 0 Å². The summed E-state index contributed by atoms with van der Waals surface area (Å²) >= 11 is 0. The van der Waals surface area contributed by atoms with E-state index >= 15 is 0 Å². The van der Waals surface area contributed by atoms with Gasteiger partial charge in [-0.2, -0.15) is 0 Å². The number of terminal acetylenes is 1. The first-order valence-corrected chi connectivity index (χ1v) is 7.02. The van der Waals surface area contributed by atoms with Crippen molar-refractivity contribution in [1.82, 2.24) is 19.8 Å². The summed E-state index contributed by atoms with van der Waals surface area (Å²) in [5.74, 6) is 3.68. The standard InChI is InChI=1S/C15H22N4/c1-2-9-18-11-13-19(14-12-18)10-4-3-6-15-16-7-5-8-17-15/h1,5,7-8H,3-4,6,9-14H2. The van der Waals surface area contributed by atoms with Crippen molar-refractivity contribution in [3.63, 3.8) is 0 Å². The first kappa shape index (κ1) is 14.0. The molecule has 2 heterocycles. The first-order valence-electron chi connectivity index (χ1n) is 7.02. The van der Waals surface area contributed by atoms with Gasteiger partial charge < -0.3 is 4.90 Å². The third kappa shape index (κ3) is 4.98. The normalized spacial score (nSPS) is 17.2. The average molecular weight is 258 g/mol. The largest absolute Gasteiger partial charge is 0.301 e. The summed E-state index contributed by atoms with van der Waals surface area (Å²) in [6.07, 6.45) is 12.3. The van der Waals surface area contributed by atoms with Gasteiger partial charge >= 0.3 is 0 Å². The van der Waals surface area contributed by atoms with E-state index in [1.54, 1.807) is 0 Å². The van der Waals surface area contributed by atoms with Crippen molar-refractivity contribution >= 4 is 0 Å². The van der Waals surface area contributed by atoms with Crippen LogP contribution in [0.4, 0.5) is 0 Å². The van der Waals surface area contributed by atoms with E-state index in [0.717, 1.165) is 51.4 Å². The lowest BCUT2D eigenvalue weighted by molar-refractivity contribution is 0.142. The zero-order chi connectivity index (χ0) is 13.3. The highest BCUT2D eigenvalue weighted by molar-refractivity contribution is 4.90. The zero-order valence-corrected chi connectivity index (χ0v) is 11.5. The van der Waals surface area contributed by atoms with Gasteiger partial charge in [-0.15, -0.1) is 6.42 Å². The summed E-state index contributed by atoms with van der Waals surface area (Å²) in [6.45, 7) is 6.46. The molecule has 0 N–H and O–H groups in total. The number of aromatic nitrogens is 2. The highest BCUT2D eigenvalue weighted by Gasteiger charge is 2.15. The molecular weight excluding hydrogens is 236 g/mol. The predicted molar refractivity (Wildman–Crippen MR) is 76.7 cm³/mol. The number of piperazine rings is 1. The van der Waals surface area contributed by atoms with Crippen LogP contribution < -0.4 is 0 Å². The molecule has 4 heteroatoms. The van der Waals surface area contributed by atoms with Crippen LogP contribution in [0, 0.1) is 12.3 Å². The van der Waals surface area contributed by atoms with E-state index in [0.29, 0.717) is 0 Å². The molecule has 0 aromatic carbocycles. The molecule has 1 fully saturated rings. The predicted octanol–water partition coefficient (Wildman–Crippen LogP) is 1.05. The molecular formula is C15H22N4. The number of rotatable bonds is 6. The summed E-state index contributed by atoms with van der Waals surface area (Å²) in [4.78, 5) is 13.4. The van der Waals surface area contributed by atoms with Crippen LogP contribution in [-0.2, 0) is 6.42 Å². The fraction of sp³-hybridized carbons (Fsp3) is 0.600. The van der Waals surface area contributed by atoms with Gasteiger partial charge in [-0.05, 0) is 25.5 Å². The van der Waals surface area contributed by atoms with Crippen molar-refractivity contribution < 1.29 is 0 Å². The summed E-state index contributed by atoms with van der Waals surface area (Å²) in [6, 6.07) is 1.86. The van der Waals surface area contributed by atoms with Gasteiger partial charge in [-0.25, -0.2) is 9.97 Å². The Balaban J connectivity index is 1.56. The van der Waals surface area contributed by atoms with Crippen molar-refractivity contribution in [2.24, 2.45) is 0 Å². The second-order valence-electron chi connectivity index (χ2n) is 4.94. The molecule has 0 radical (unpaired) electrons. The van der Waals surface area contributed by atoms with Gasteiger partial charge in [0.25, 0.3) is 0 Å². The van der Waals surface area contributed by atoms with Crippen LogP contribution in [-0.4, -0.2) is 59.0 Å². The van der Waals surface area contributed by atoms with Crippen molar-refractivity contribution in [2.45, 2.75) is 19.3 Å². The highest BCUT2D eigenvalue weighted by atomic mass is 15.3. The molecule has 0 unspecified atom stereocenters. The van der Waals surface area contributed by atoms with E-state index in [-0.39, 0.29) is 0 Å². The molecule has 0 saturated carbocycles. The van der Waals surface area contributed by atoms with Crippen molar-refractivity contribution in [2.75, 3.05) is 39.3 Å². The van der Waals surface area contributed by atoms with Crippen LogP contribution in [0.5, 0.6) is 0 Å². The van der Waals surface area contributed by atoms with Crippen LogP contribution in [0.25, 0.3) is 0 Å². The smallest absolute Gasteiger partial charge is 0.128 e.